The summed E-state index contributed by atoms with van der Waals surface area (Å²) < 4.78 is 0. The van der Waals surface area contributed by atoms with Crippen molar-refractivity contribution in [3.05, 3.63) is 35.4 Å². The highest BCUT2D eigenvalue weighted by Crippen LogP contribution is 2.31. The Labute approximate surface area is 90.4 Å². The lowest BCUT2D eigenvalue weighted by Gasteiger charge is -2.22. The van der Waals surface area contributed by atoms with E-state index in [1.54, 1.807) is 0 Å². The van der Waals surface area contributed by atoms with Gasteiger partial charge in [-0.3, -0.25) is 10.3 Å². The van der Waals surface area contributed by atoms with Crippen LogP contribution in [-0.2, 0) is 6.42 Å². The van der Waals surface area contributed by atoms with Crippen molar-refractivity contribution in [2.75, 3.05) is 13.1 Å². The van der Waals surface area contributed by atoms with E-state index in [9.17, 15) is 0 Å². The quantitative estimate of drug-likeness (QED) is 0.666. The summed E-state index contributed by atoms with van der Waals surface area (Å²) in [6, 6.07) is 8.87. The Morgan fingerprint density at radius 2 is 2.20 bits per heavy atom. The van der Waals surface area contributed by atoms with E-state index in [4.69, 9.17) is 0 Å². The summed E-state index contributed by atoms with van der Waals surface area (Å²) in [5, 5.41) is 3.47. The molecule has 1 atom stereocenters. The first kappa shape index (κ1) is 8.96. The molecule has 78 valence electrons. The van der Waals surface area contributed by atoms with Crippen molar-refractivity contribution in [1.82, 2.24) is 5.32 Å². The van der Waals surface area contributed by atoms with Gasteiger partial charge in [-0.15, -0.1) is 0 Å². The first-order valence-corrected chi connectivity index (χ1v) is 5.87. The molecular weight excluding hydrogens is 184 g/mol. The van der Waals surface area contributed by atoms with Gasteiger partial charge in [0.05, 0.1) is 5.92 Å². The first-order valence-electron chi connectivity index (χ1n) is 5.87. The average Bonchev–Trinajstić information content (AvgIpc) is 2.82. The second-order valence-electron chi connectivity index (χ2n) is 4.41. The summed E-state index contributed by atoms with van der Waals surface area (Å²) in [7, 11) is 0. The lowest BCUT2D eigenvalue weighted by Crippen LogP contribution is -2.71. The van der Waals surface area contributed by atoms with Gasteiger partial charge in [0.1, 0.15) is 13.1 Å². The van der Waals surface area contributed by atoms with E-state index in [0.29, 0.717) is 5.92 Å². The van der Waals surface area contributed by atoms with E-state index < -0.39 is 0 Å². The van der Waals surface area contributed by atoms with Crippen molar-refractivity contribution in [3.63, 3.8) is 0 Å². The predicted octanol–water partition coefficient (Wildman–Crippen LogP) is 0.189. The summed E-state index contributed by atoms with van der Waals surface area (Å²) >= 11 is 0. The van der Waals surface area contributed by atoms with Crippen LogP contribution in [0.3, 0.4) is 0 Å². The third-order valence-corrected chi connectivity index (χ3v) is 3.47. The van der Waals surface area contributed by atoms with Crippen LogP contribution in [0.1, 0.15) is 29.9 Å². The fourth-order valence-corrected chi connectivity index (χ4v) is 2.76. The molecule has 0 spiro atoms. The van der Waals surface area contributed by atoms with Crippen molar-refractivity contribution in [2.45, 2.75) is 25.2 Å². The zero-order chi connectivity index (χ0) is 10.1. The van der Waals surface area contributed by atoms with Gasteiger partial charge in [-0.2, -0.15) is 0 Å². The van der Waals surface area contributed by atoms with Crippen molar-refractivity contribution in [1.29, 1.82) is 0 Å². The third kappa shape index (κ3) is 1.54. The average molecular weight is 201 g/mol. The lowest BCUT2D eigenvalue weighted by molar-refractivity contribution is -0.446. The van der Waals surface area contributed by atoms with E-state index in [1.165, 1.54) is 36.2 Å². The Bertz CT molecular complexity index is 395. The maximum Gasteiger partial charge on any atom is 0.250 e. The molecule has 3 rings (SSSR count). The van der Waals surface area contributed by atoms with Gasteiger partial charge in [0.25, 0.3) is 0 Å². The first-order chi connectivity index (χ1) is 7.45. The molecule has 0 radical (unpaired) electrons. The molecule has 1 aromatic rings. The highest BCUT2D eigenvalue weighted by molar-refractivity contribution is 5.85. The maximum absolute atomic E-state index is 3.47. The number of fused-ring (bicyclic) bond motifs is 1. The minimum Gasteiger partial charge on any atom is -0.274 e. The molecule has 0 unspecified atom stereocenters. The summed E-state index contributed by atoms with van der Waals surface area (Å²) in [5.74, 6) is 1.94. The molecule has 15 heavy (non-hydrogen) atoms. The van der Waals surface area contributed by atoms with Crippen LogP contribution in [0.15, 0.2) is 24.3 Å². The molecule has 1 aromatic carbocycles. The van der Waals surface area contributed by atoms with Gasteiger partial charge in [-0.05, 0) is 30.4 Å². The lowest BCUT2D eigenvalue weighted by atomic mass is 9.82. The van der Waals surface area contributed by atoms with Crippen LogP contribution in [0.2, 0.25) is 0 Å². The number of hydrogen-bond donors (Lipinski definition) is 2. The highest BCUT2D eigenvalue weighted by Gasteiger charge is 2.29. The maximum atomic E-state index is 3.47. The number of benzene rings is 1. The monoisotopic (exact) mass is 201 g/mol. The summed E-state index contributed by atoms with van der Waals surface area (Å²) in [6.07, 6.45) is 3.85. The van der Waals surface area contributed by atoms with Gasteiger partial charge in [0.15, 0.2) is 0 Å². The van der Waals surface area contributed by atoms with Crippen LogP contribution in [0.25, 0.3) is 0 Å². The second-order valence-corrected chi connectivity index (χ2v) is 4.41. The van der Waals surface area contributed by atoms with E-state index in [2.05, 4.69) is 34.6 Å². The van der Waals surface area contributed by atoms with Crippen molar-refractivity contribution >= 4 is 5.84 Å². The van der Waals surface area contributed by atoms with Gasteiger partial charge in [0.2, 0.25) is 5.84 Å². The molecule has 0 bridgehead atoms. The Balaban J connectivity index is 1.98. The topological polar surface area (TPSA) is 26.0 Å². The fraction of sp³-hybridized carbons (Fsp3) is 0.462. The van der Waals surface area contributed by atoms with Crippen LogP contribution in [0.4, 0.5) is 0 Å². The molecular formula is C13H17N2+. The smallest absolute Gasteiger partial charge is 0.250 e. The molecule has 1 heterocycles. The number of amidine groups is 1. The van der Waals surface area contributed by atoms with E-state index >= 15 is 0 Å². The molecule has 1 aliphatic heterocycles. The molecule has 0 amide bonds. The standard InChI is InChI=1S/C13H16N2/c1-2-6-11-10(4-1)5-3-7-12(11)13-14-8-9-15-13/h1-2,4,6,12H,3,5,7-9H2,(H,14,15)/p+1/t12-/m0/s1. The van der Waals surface area contributed by atoms with Gasteiger partial charge < -0.3 is 0 Å². The molecule has 2 heteroatoms. The number of hydrogen-bond acceptors (Lipinski definition) is 1. The summed E-state index contributed by atoms with van der Waals surface area (Å²) in [6.45, 7) is 2.15. The minimum absolute atomic E-state index is 0.595. The predicted molar refractivity (Wildman–Crippen MR) is 61.0 cm³/mol. The number of nitrogens with one attached hydrogen (secondary N) is 2. The van der Waals surface area contributed by atoms with Gasteiger partial charge >= 0.3 is 0 Å². The molecule has 2 aliphatic rings. The summed E-state index contributed by atoms with van der Waals surface area (Å²) in [4.78, 5) is 3.47. The highest BCUT2D eigenvalue weighted by atomic mass is 15.1. The van der Waals surface area contributed by atoms with Crippen LogP contribution in [0, 0.1) is 0 Å². The molecule has 0 fully saturated rings. The summed E-state index contributed by atoms with van der Waals surface area (Å²) in [5.41, 5.74) is 3.07. The van der Waals surface area contributed by atoms with E-state index in [0.717, 1.165) is 13.1 Å². The van der Waals surface area contributed by atoms with Gasteiger partial charge in [-0.25, -0.2) is 0 Å². The zero-order valence-electron chi connectivity index (χ0n) is 8.92. The third-order valence-electron chi connectivity index (χ3n) is 3.47. The Hall–Kier alpha value is -1.31. The van der Waals surface area contributed by atoms with Crippen LogP contribution < -0.4 is 10.3 Å². The molecule has 2 nitrogen and oxygen atoms in total. The van der Waals surface area contributed by atoms with Gasteiger partial charge in [0, 0.05) is 0 Å². The second kappa shape index (κ2) is 3.69. The molecule has 2 N–H and O–H groups in total. The molecule has 1 aliphatic carbocycles. The van der Waals surface area contributed by atoms with Crippen molar-refractivity contribution < 1.29 is 4.99 Å². The normalized spacial score (nSPS) is 24.3. The number of aryl methyl sites for hydroxylation is 1. The Kier molecular flexibility index (Phi) is 2.20. The van der Waals surface area contributed by atoms with E-state index in [-0.39, 0.29) is 0 Å². The van der Waals surface area contributed by atoms with Crippen LogP contribution in [-0.4, -0.2) is 18.9 Å². The fourth-order valence-electron chi connectivity index (χ4n) is 2.76. The van der Waals surface area contributed by atoms with Crippen LogP contribution >= 0.6 is 0 Å². The largest absolute Gasteiger partial charge is 0.274 e. The molecule has 0 saturated heterocycles. The van der Waals surface area contributed by atoms with Crippen molar-refractivity contribution in [2.24, 2.45) is 0 Å². The Morgan fingerprint density at radius 1 is 1.27 bits per heavy atom. The van der Waals surface area contributed by atoms with E-state index in [1.807, 2.05) is 0 Å². The number of rotatable bonds is 1. The van der Waals surface area contributed by atoms with Crippen molar-refractivity contribution in [3.8, 4) is 0 Å². The zero-order valence-corrected chi connectivity index (χ0v) is 8.92. The van der Waals surface area contributed by atoms with Crippen LogP contribution in [0.5, 0.6) is 0 Å². The molecule has 0 aromatic heterocycles. The Morgan fingerprint density at radius 3 is 3.07 bits per heavy atom. The van der Waals surface area contributed by atoms with Gasteiger partial charge in [-0.1, -0.05) is 24.3 Å². The SMILES string of the molecule is c1ccc2c(c1)CCC[C@@H]2C1=[NH+]CCN1. The molecule has 0 saturated carbocycles. The minimum atomic E-state index is 0.595.